The molecule has 0 saturated heterocycles. The maximum absolute atomic E-state index is 9.13. The topological polar surface area (TPSA) is 103 Å². The van der Waals surface area contributed by atoms with Gasteiger partial charge < -0.3 is 0 Å². The van der Waals surface area contributed by atoms with Crippen molar-refractivity contribution in [1.29, 1.82) is 5.26 Å². The number of aromatic nitrogens is 5. The van der Waals surface area contributed by atoms with E-state index in [-0.39, 0.29) is 0 Å². The number of nitrogens with zero attached hydrogens (tertiary/aromatic N) is 6. The number of tetrazole rings is 1. The summed E-state index contributed by atoms with van der Waals surface area (Å²) in [6.07, 6.45) is 0. The summed E-state index contributed by atoms with van der Waals surface area (Å²) in [6.45, 7) is 3.63. The Kier molecular flexibility index (Phi) is 3.38. The number of aromatic amines is 1. The molecule has 18 heavy (non-hydrogen) atoms. The monoisotopic (exact) mass is 241 g/mol. The van der Waals surface area contributed by atoms with Gasteiger partial charge in [-0.25, -0.2) is 9.98 Å². The molecule has 2 heterocycles. The standard InChI is InChI=1S/C11H11N7/c1-7-4-3-5-10(13-7)14-8(2)9(6-12)11-15-17-18-16-11/h3-5,9H,1-2H3,(H,15,16,17,18). The molecule has 0 aliphatic rings. The van der Waals surface area contributed by atoms with Crippen molar-refractivity contribution in [3.63, 3.8) is 0 Å². The fourth-order valence-corrected chi connectivity index (χ4v) is 1.47. The summed E-state index contributed by atoms with van der Waals surface area (Å²) in [5.41, 5.74) is 1.45. The molecule has 1 unspecified atom stereocenters. The van der Waals surface area contributed by atoms with E-state index in [0.717, 1.165) is 5.69 Å². The second-order valence-corrected chi connectivity index (χ2v) is 3.72. The zero-order chi connectivity index (χ0) is 13.0. The van der Waals surface area contributed by atoms with Gasteiger partial charge in [-0.3, -0.25) is 0 Å². The van der Waals surface area contributed by atoms with Crippen molar-refractivity contribution in [3.8, 4) is 6.07 Å². The van der Waals surface area contributed by atoms with Crippen molar-refractivity contribution in [2.24, 2.45) is 4.99 Å². The van der Waals surface area contributed by atoms with Gasteiger partial charge in [0.25, 0.3) is 0 Å². The molecule has 1 N–H and O–H groups in total. The van der Waals surface area contributed by atoms with Crippen molar-refractivity contribution >= 4 is 11.5 Å². The fraction of sp³-hybridized carbons (Fsp3) is 0.273. The van der Waals surface area contributed by atoms with E-state index in [1.165, 1.54) is 0 Å². The molecule has 0 fully saturated rings. The van der Waals surface area contributed by atoms with Gasteiger partial charge >= 0.3 is 0 Å². The molecule has 0 bridgehead atoms. The van der Waals surface area contributed by atoms with Crippen molar-refractivity contribution in [2.75, 3.05) is 0 Å². The quantitative estimate of drug-likeness (QED) is 0.815. The average Bonchev–Trinajstić information content (AvgIpc) is 2.83. The molecule has 1 atom stereocenters. The number of rotatable bonds is 3. The Morgan fingerprint density at radius 2 is 2.33 bits per heavy atom. The second-order valence-electron chi connectivity index (χ2n) is 3.72. The molecular formula is C11H11N7. The van der Waals surface area contributed by atoms with Gasteiger partial charge in [-0.2, -0.15) is 10.5 Å². The largest absolute Gasteiger partial charge is 0.237 e. The first-order valence-corrected chi connectivity index (χ1v) is 5.32. The van der Waals surface area contributed by atoms with Crippen LogP contribution >= 0.6 is 0 Å². The van der Waals surface area contributed by atoms with E-state index in [1.807, 2.05) is 19.1 Å². The highest BCUT2D eigenvalue weighted by molar-refractivity contribution is 5.92. The normalized spacial score (nSPS) is 13.1. The molecule has 90 valence electrons. The number of hydrogen-bond donors (Lipinski definition) is 1. The molecular weight excluding hydrogens is 230 g/mol. The van der Waals surface area contributed by atoms with E-state index < -0.39 is 5.92 Å². The summed E-state index contributed by atoms with van der Waals surface area (Å²) < 4.78 is 0. The lowest BCUT2D eigenvalue weighted by molar-refractivity contribution is 0.881. The number of H-pyrrole nitrogens is 1. The van der Waals surface area contributed by atoms with E-state index >= 15 is 0 Å². The van der Waals surface area contributed by atoms with Crippen molar-refractivity contribution in [1.82, 2.24) is 25.6 Å². The zero-order valence-corrected chi connectivity index (χ0v) is 9.99. The minimum atomic E-state index is -0.619. The van der Waals surface area contributed by atoms with Crippen LogP contribution in [0.4, 0.5) is 5.82 Å². The van der Waals surface area contributed by atoms with Crippen LogP contribution in [0.2, 0.25) is 0 Å². The Morgan fingerprint density at radius 3 is 2.94 bits per heavy atom. The molecule has 2 rings (SSSR count). The summed E-state index contributed by atoms with van der Waals surface area (Å²) >= 11 is 0. The molecule has 0 amide bonds. The summed E-state index contributed by atoms with van der Waals surface area (Å²) in [4.78, 5) is 8.56. The molecule has 7 heteroatoms. The lowest BCUT2D eigenvalue weighted by Gasteiger charge is -2.03. The first kappa shape index (κ1) is 11.9. The molecule has 0 spiro atoms. The van der Waals surface area contributed by atoms with E-state index in [9.17, 15) is 0 Å². The fourth-order valence-electron chi connectivity index (χ4n) is 1.47. The molecule has 2 aromatic heterocycles. The average molecular weight is 241 g/mol. The van der Waals surface area contributed by atoms with Gasteiger partial charge in [-0.1, -0.05) is 11.3 Å². The molecule has 0 aromatic carbocycles. The first-order chi connectivity index (χ1) is 8.70. The van der Waals surface area contributed by atoms with Crippen molar-refractivity contribution < 1.29 is 0 Å². The first-order valence-electron chi connectivity index (χ1n) is 5.32. The highest BCUT2D eigenvalue weighted by Crippen LogP contribution is 2.15. The third kappa shape index (κ3) is 2.55. The van der Waals surface area contributed by atoms with E-state index in [2.05, 4.69) is 36.7 Å². The maximum Gasteiger partial charge on any atom is 0.197 e. The Hall–Kier alpha value is -2.62. The van der Waals surface area contributed by atoms with Crippen LogP contribution < -0.4 is 0 Å². The predicted molar refractivity (Wildman–Crippen MR) is 64.3 cm³/mol. The number of hydrogen-bond acceptors (Lipinski definition) is 6. The maximum atomic E-state index is 9.13. The number of aryl methyl sites for hydroxylation is 1. The molecule has 0 saturated carbocycles. The van der Waals surface area contributed by atoms with Crippen LogP contribution in [0.15, 0.2) is 23.2 Å². The van der Waals surface area contributed by atoms with Crippen LogP contribution in [0, 0.1) is 18.3 Å². The van der Waals surface area contributed by atoms with Gasteiger partial charge in [0, 0.05) is 11.4 Å². The third-order valence-electron chi connectivity index (χ3n) is 2.33. The minimum Gasteiger partial charge on any atom is -0.237 e. The van der Waals surface area contributed by atoms with Crippen LogP contribution in [0.1, 0.15) is 24.4 Å². The van der Waals surface area contributed by atoms with Crippen molar-refractivity contribution in [3.05, 3.63) is 29.7 Å². The van der Waals surface area contributed by atoms with Crippen molar-refractivity contribution in [2.45, 2.75) is 19.8 Å². The Labute approximate surface area is 104 Å². The smallest absolute Gasteiger partial charge is 0.197 e. The molecule has 7 nitrogen and oxygen atoms in total. The highest BCUT2D eigenvalue weighted by atomic mass is 15.5. The van der Waals surface area contributed by atoms with Gasteiger partial charge in [0.1, 0.15) is 5.92 Å². The zero-order valence-electron chi connectivity index (χ0n) is 9.99. The van der Waals surface area contributed by atoms with Gasteiger partial charge in [0.05, 0.1) is 6.07 Å². The van der Waals surface area contributed by atoms with Gasteiger partial charge in [0.15, 0.2) is 11.6 Å². The Bertz CT molecular complexity index is 594. The molecule has 0 aliphatic heterocycles. The Morgan fingerprint density at radius 1 is 1.50 bits per heavy atom. The molecule has 0 aliphatic carbocycles. The van der Waals surface area contributed by atoms with E-state index in [0.29, 0.717) is 17.4 Å². The van der Waals surface area contributed by atoms with Crippen LogP contribution in [-0.2, 0) is 0 Å². The number of aliphatic imine (C=N–C) groups is 1. The summed E-state index contributed by atoms with van der Waals surface area (Å²) in [7, 11) is 0. The minimum absolute atomic E-state index is 0.311. The lowest BCUT2D eigenvalue weighted by Crippen LogP contribution is -2.09. The second kappa shape index (κ2) is 5.14. The van der Waals surface area contributed by atoms with Crippen LogP contribution in [0.25, 0.3) is 0 Å². The number of pyridine rings is 1. The SMILES string of the molecule is CC(=Nc1cccc(C)n1)C(C#N)c1nn[nH]n1. The molecule has 0 radical (unpaired) electrons. The van der Waals surface area contributed by atoms with Crippen LogP contribution in [-0.4, -0.2) is 31.3 Å². The van der Waals surface area contributed by atoms with E-state index in [1.54, 1.807) is 13.0 Å². The van der Waals surface area contributed by atoms with Gasteiger partial charge in [-0.05, 0) is 26.0 Å². The van der Waals surface area contributed by atoms with Crippen LogP contribution in [0.3, 0.4) is 0 Å². The third-order valence-corrected chi connectivity index (χ3v) is 2.33. The van der Waals surface area contributed by atoms with Gasteiger partial charge in [0.2, 0.25) is 0 Å². The number of nitrogens with one attached hydrogen (secondary N) is 1. The lowest BCUT2D eigenvalue weighted by atomic mass is 10.1. The van der Waals surface area contributed by atoms with Gasteiger partial charge in [-0.15, -0.1) is 10.2 Å². The Balaban J connectivity index is 2.30. The summed E-state index contributed by atoms with van der Waals surface area (Å²) in [5, 5.41) is 22.5. The predicted octanol–water partition coefficient (Wildman–Crippen LogP) is 1.30. The summed E-state index contributed by atoms with van der Waals surface area (Å²) in [5.74, 6) is 0.258. The highest BCUT2D eigenvalue weighted by Gasteiger charge is 2.19. The number of nitriles is 1. The van der Waals surface area contributed by atoms with Crippen LogP contribution in [0.5, 0.6) is 0 Å². The summed E-state index contributed by atoms with van der Waals surface area (Å²) in [6, 6.07) is 7.62. The molecule has 2 aromatic rings. The van der Waals surface area contributed by atoms with E-state index in [4.69, 9.17) is 5.26 Å².